The third-order valence-corrected chi connectivity index (χ3v) is 9.69. The summed E-state index contributed by atoms with van der Waals surface area (Å²) in [7, 11) is -1.73. The molecule has 2 fully saturated rings. The van der Waals surface area contributed by atoms with Crippen LogP contribution in [0, 0.1) is 5.92 Å². The van der Waals surface area contributed by atoms with Gasteiger partial charge in [-0.3, -0.25) is 58.0 Å². The van der Waals surface area contributed by atoms with Crippen molar-refractivity contribution >= 4 is 54.6 Å². The molecule has 0 aromatic heterocycles. The molecule has 2 heterocycles. The fourth-order valence-electron chi connectivity index (χ4n) is 6.66. The number of amides is 4. The van der Waals surface area contributed by atoms with Gasteiger partial charge >= 0.3 is 31.0 Å². The zero-order chi connectivity index (χ0) is 42.1. The number of aliphatic carboxylic acids is 4. The van der Waals surface area contributed by atoms with Crippen LogP contribution in [0.4, 0.5) is 0 Å². The standard InChI is InChI=1S/C33H57BN8O14/c1-21(2)30(31(51)36-22(3)32(52)42-8-4-5-24(42)34(55)56)37-26(44)17-35-25(43)7-6-23(33(53)54)41-15-13-39(19-28(47)48)11-9-38(18-27(45)46)10-12-40(14-16-41)20-29(49)50/h21-24,30,55-56H,4-20H2,1-3H3,(H,35,43)(H,36,51)(H,37,44)(H,45,46)(H,47,48)(H,49,50)(H,53,54)/t22-,23?,24+,30+/m1/s1. The summed E-state index contributed by atoms with van der Waals surface area (Å²) in [6, 6.07) is -3.39. The lowest BCUT2D eigenvalue weighted by Crippen LogP contribution is -2.57. The third-order valence-electron chi connectivity index (χ3n) is 9.69. The number of carbonyl (C=O) groups is 8. The van der Waals surface area contributed by atoms with E-state index in [1.165, 1.54) is 16.7 Å². The second-order valence-corrected chi connectivity index (χ2v) is 14.4. The smallest absolute Gasteiger partial charge is 0.475 e. The van der Waals surface area contributed by atoms with Crippen molar-refractivity contribution in [3.05, 3.63) is 0 Å². The molecule has 1 unspecified atom stereocenters. The molecule has 2 aliphatic heterocycles. The summed E-state index contributed by atoms with van der Waals surface area (Å²) < 4.78 is 0. The van der Waals surface area contributed by atoms with Crippen LogP contribution in [0.3, 0.4) is 0 Å². The Labute approximate surface area is 325 Å². The number of hydrogen-bond donors (Lipinski definition) is 9. The number of carboxylic acids is 4. The summed E-state index contributed by atoms with van der Waals surface area (Å²) in [5.41, 5.74) is 0. The number of likely N-dealkylation sites (tertiary alicyclic amines) is 1. The van der Waals surface area contributed by atoms with E-state index in [2.05, 4.69) is 16.0 Å². The minimum Gasteiger partial charge on any atom is -0.480 e. The summed E-state index contributed by atoms with van der Waals surface area (Å²) in [5, 5.41) is 65.1. The Kier molecular flexibility index (Phi) is 20.1. The molecule has 9 N–H and O–H groups in total. The second kappa shape index (κ2) is 23.6. The molecular weight excluding hydrogens is 743 g/mol. The van der Waals surface area contributed by atoms with Gasteiger partial charge in [-0.05, 0) is 32.1 Å². The highest BCUT2D eigenvalue weighted by Crippen LogP contribution is 2.19. The molecule has 22 nitrogen and oxygen atoms in total. The van der Waals surface area contributed by atoms with Crippen molar-refractivity contribution in [2.45, 2.75) is 70.5 Å². The molecule has 0 aliphatic carbocycles. The van der Waals surface area contributed by atoms with Crippen LogP contribution in [0.5, 0.6) is 0 Å². The van der Waals surface area contributed by atoms with Crippen LogP contribution in [-0.2, 0) is 38.4 Å². The van der Waals surface area contributed by atoms with Crippen molar-refractivity contribution in [3.8, 4) is 0 Å². The molecule has 56 heavy (non-hydrogen) atoms. The van der Waals surface area contributed by atoms with E-state index in [0.717, 1.165) is 0 Å². The highest BCUT2D eigenvalue weighted by atomic mass is 16.4. The van der Waals surface area contributed by atoms with E-state index in [9.17, 15) is 68.8 Å². The molecule has 4 amide bonds. The van der Waals surface area contributed by atoms with Gasteiger partial charge in [-0.25, -0.2) is 0 Å². The van der Waals surface area contributed by atoms with E-state index >= 15 is 0 Å². The summed E-state index contributed by atoms with van der Waals surface area (Å²) in [6.07, 6.45) is 0.407. The van der Waals surface area contributed by atoms with Gasteiger partial charge in [-0.1, -0.05) is 13.8 Å². The van der Waals surface area contributed by atoms with Gasteiger partial charge in [0.2, 0.25) is 23.6 Å². The molecule has 0 saturated carbocycles. The van der Waals surface area contributed by atoms with Crippen molar-refractivity contribution in [1.82, 2.24) is 40.4 Å². The molecule has 0 aromatic carbocycles. The van der Waals surface area contributed by atoms with E-state index in [0.29, 0.717) is 19.4 Å². The van der Waals surface area contributed by atoms with Crippen LogP contribution < -0.4 is 16.0 Å². The first kappa shape index (κ1) is 47.7. The quantitative estimate of drug-likeness (QED) is 0.0556. The summed E-state index contributed by atoms with van der Waals surface area (Å²) in [5.74, 6) is -8.48. The monoisotopic (exact) mass is 800 g/mol. The van der Waals surface area contributed by atoms with Crippen LogP contribution in [0.1, 0.15) is 46.5 Å². The Morgan fingerprint density at radius 1 is 0.679 bits per heavy atom. The Hall–Kier alpha value is -4.42. The maximum atomic E-state index is 13.1. The molecule has 0 bridgehead atoms. The molecule has 2 saturated heterocycles. The Morgan fingerprint density at radius 3 is 1.59 bits per heavy atom. The fraction of sp³-hybridized carbons (Fsp3) is 0.758. The van der Waals surface area contributed by atoms with Gasteiger partial charge in [0, 0.05) is 65.3 Å². The lowest BCUT2D eigenvalue weighted by atomic mass is 9.78. The topological polar surface area (TPSA) is 310 Å². The molecular formula is C33H57BN8O14. The highest BCUT2D eigenvalue weighted by Gasteiger charge is 2.39. The minimum atomic E-state index is -1.73. The largest absolute Gasteiger partial charge is 0.480 e. The van der Waals surface area contributed by atoms with Crippen LogP contribution >= 0.6 is 0 Å². The number of carboxylic acid groups (broad SMARTS) is 4. The van der Waals surface area contributed by atoms with Crippen molar-refractivity contribution in [2.24, 2.45) is 5.92 Å². The van der Waals surface area contributed by atoms with E-state index in [1.54, 1.807) is 28.5 Å². The number of carbonyl (C=O) groups excluding carboxylic acids is 4. The normalized spacial score (nSPS) is 19.8. The molecule has 23 heteroatoms. The highest BCUT2D eigenvalue weighted by molar-refractivity contribution is 6.43. The third kappa shape index (κ3) is 16.8. The molecule has 0 radical (unpaired) electrons. The molecule has 0 aromatic rings. The molecule has 2 rings (SSSR count). The van der Waals surface area contributed by atoms with Crippen LogP contribution in [0.15, 0.2) is 0 Å². The lowest BCUT2D eigenvalue weighted by molar-refractivity contribution is -0.145. The number of nitrogens with zero attached hydrogens (tertiary/aromatic N) is 5. The van der Waals surface area contributed by atoms with Crippen molar-refractivity contribution in [1.29, 1.82) is 0 Å². The summed E-state index contributed by atoms with van der Waals surface area (Å²) >= 11 is 0. The molecule has 316 valence electrons. The van der Waals surface area contributed by atoms with Crippen LogP contribution in [-0.4, -0.2) is 219 Å². The van der Waals surface area contributed by atoms with Gasteiger partial charge in [0.15, 0.2) is 0 Å². The molecule has 2 aliphatic rings. The van der Waals surface area contributed by atoms with Crippen LogP contribution in [0.2, 0.25) is 0 Å². The second-order valence-electron chi connectivity index (χ2n) is 14.4. The molecule has 0 spiro atoms. The first-order valence-electron chi connectivity index (χ1n) is 18.6. The van der Waals surface area contributed by atoms with Crippen LogP contribution in [0.25, 0.3) is 0 Å². The average molecular weight is 801 g/mol. The number of hydrogen-bond acceptors (Lipinski definition) is 14. The van der Waals surface area contributed by atoms with Gasteiger partial charge in [-0.2, -0.15) is 0 Å². The Balaban J connectivity index is 2.04. The first-order valence-corrected chi connectivity index (χ1v) is 18.6. The minimum absolute atomic E-state index is 0.0268. The van der Waals surface area contributed by atoms with Crippen molar-refractivity contribution in [3.63, 3.8) is 0 Å². The predicted octanol–water partition coefficient (Wildman–Crippen LogP) is -4.54. The van der Waals surface area contributed by atoms with Crippen molar-refractivity contribution < 1.29 is 68.8 Å². The summed E-state index contributed by atoms with van der Waals surface area (Å²) in [6.45, 7) is 4.17. The van der Waals surface area contributed by atoms with Crippen molar-refractivity contribution in [2.75, 3.05) is 85.1 Å². The van der Waals surface area contributed by atoms with Gasteiger partial charge < -0.3 is 51.3 Å². The first-order chi connectivity index (χ1) is 26.3. The van der Waals surface area contributed by atoms with E-state index in [-0.39, 0.29) is 71.7 Å². The fourth-order valence-corrected chi connectivity index (χ4v) is 6.66. The lowest BCUT2D eigenvalue weighted by Gasteiger charge is -2.35. The van der Waals surface area contributed by atoms with Gasteiger partial charge in [0.25, 0.3) is 0 Å². The zero-order valence-electron chi connectivity index (χ0n) is 32.2. The number of nitrogens with one attached hydrogen (secondary N) is 3. The Morgan fingerprint density at radius 2 is 1.16 bits per heavy atom. The zero-order valence-corrected chi connectivity index (χ0v) is 32.2. The van der Waals surface area contributed by atoms with E-state index < -0.39 is 104 Å². The van der Waals surface area contributed by atoms with E-state index in [4.69, 9.17) is 0 Å². The maximum absolute atomic E-state index is 13.1. The average Bonchev–Trinajstić information content (AvgIpc) is 3.60. The van der Waals surface area contributed by atoms with Gasteiger partial charge in [-0.15, -0.1) is 0 Å². The Bertz CT molecular complexity index is 1360. The van der Waals surface area contributed by atoms with Gasteiger partial charge in [0.05, 0.1) is 32.1 Å². The number of rotatable bonds is 19. The van der Waals surface area contributed by atoms with E-state index in [1.807, 2.05) is 0 Å². The maximum Gasteiger partial charge on any atom is 0.475 e. The SMILES string of the molecule is CC(C)[C@H](NC(=O)CNC(=O)CCC(C(=O)O)N1CCN(CC(=O)O)CCN(CC(=O)O)CCN(CC(=O)O)CC1)C(=O)N[C@H](C)C(=O)N1CCC[C@H]1B(O)O. The molecule has 4 atom stereocenters. The predicted molar refractivity (Wildman–Crippen MR) is 197 cm³/mol. The summed E-state index contributed by atoms with van der Waals surface area (Å²) in [4.78, 5) is 106. The van der Waals surface area contributed by atoms with Gasteiger partial charge in [0.1, 0.15) is 18.1 Å².